The molecule has 1 heterocycles. The molecule has 2 aromatic rings. The zero-order valence-corrected chi connectivity index (χ0v) is 14.5. The number of methoxy groups -OCH3 is 1. The smallest absolute Gasteiger partial charge is 0.413 e. The molecule has 2 rings (SSSR count). The number of hydrogen-bond acceptors (Lipinski definition) is 7. The molecular formula is C16H15FN2O5S. The van der Waals surface area contributed by atoms with Gasteiger partial charge in [0, 0.05) is 5.56 Å². The number of ether oxygens (including phenoxy) is 2. The van der Waals surface area contributed by atoms with Crippen LogP contribution in [0.4, 0.5) is 9.18 Å². The molecule has 0 aliphatic heterocycles. The Balaban J connectivity index is 2.10. The van der Waals surface area contributed by atoms with E-state index in [0.29, 0.717) is 16.3 Å². The first-order valence-electron chi connectivity index (χ1n) is 7.15. The Kier molecular flexibility index (Phi) is 5.81. The first-order chi connectivity index (χ1) is 11.8. The zero-order valence-electron chi connectivity index (χ0n) is 13.7. The molecule has 0 aliphatic carbocycles. The number of carbonyl (C=O) groups is 3. The van der Waals surface area contributed by atoms with Gasteiger partial charge in [0.05, 0.1) is 12.8 Å². The molecule has 1 aromatic heterocycles. The minimum Gasteiger partial charge on any atom is -0.453 e. The second kappa shape index (κ2) is 7.84. The van der Waals surface area contributed by atoms with Crippen molar-refractivity contribution in [3.8, 4) is 10.6 Å². The van der Waals surface area contributed by atoms with Crippen LogP contribution >= 0.6 is 11.3 Å². The fourth-order valence-corrected chi connectivity index (χ4v) is 2.78. The molecule has 7 nitrogen and oxygen atoms in total. The van der Waals surface area contributed by atoms with Crippen molar-refractivity contribution in [3.63, 3.8) is 0 Å². The van der Waals surface area contributed by atoms with E-state index in [1.165, 1.54) is 19.1 Å². The van der Waals surface area contributed by atoms with Crippen LogP contribution in [0.2, 0.25) is 0 Å². The van der Waals surface area contributed by atoms with Crippen molar-refractivity contribution in [2.24, 2.45) is 0 Å². The summed E-state index contributed by atoms with van der Waals surface area (Å²) in [7, 11) is 1.11. The highest BCUT2D eigenvalue weighted by molar-refractivity contribution is 7.17. The fourth-order valence-electron chi connectivity index (χ4n) is 1.82. The number of benzene rings is 1. The third kappa shape index (κ3) is 4.60. The molecule has 0 spiro atoms. The molecule has 0 bridgehead atoms. The number of nitrogens with one attached hydrogen (secondary N) is 1. The first-order valence-corrected chi connectivity index (χ1v) is 7.96. The van der Waals surface area contributed by atoms with Crippen molar-refractivity contribution in [1.29, 1.82) is 0 Å². The maximum Gasteiger partial charge on any atom is 0.413 e. The van der Waals surface area contributed by atoms with Crippen LogP contribution in [0, 0.1) is 12.7 Å². The van der Waals surface area contributed by atoms with Crippen LogP contribution in [-0.4, -0.2) is 36.2 Å². The van der Waals surface area contributed by atoms with E-state index in [4.69, 9.17) is 4.74 Å². The molecule has 1 N–H and O–H groups in total. The van der Waals surface area contributed by atoms with Crippen LogP contribution in [0.3, 0.4) is 0 Å². The summed E-state index contributed by atoms with van der Waals surface area (Å²) in [6, 6.07) is 5.69. The van der Waals surface area contributed by atoms with Crippen LogP contribution in [0.1, 0.15) is 22.3 Å². The zero-order chi connectivity index (χ0) is 18.6. The number of aryl methyl sites for hydroxylation is 1. The molecule has 1 atom stereocenters. The van der Waals surface area contributed by atoms with Crippen LogP contribution in [0.5, 0.6) is 0 Å². The van der Waals surface area contributed by atoms with Gasteiger partial charge in [0.1, 0.15) is 15.7 Å². The molecule has 0 radical (unpaired) electrons. The van der Waals surface area contributed by atoms with E-state index in [1.807, 2.05) is 5.32 Å². The number of rotatable bonds is 4. The molecule has 0 aliphatic rings. The van der Waals surface area contributed by atoms with Gasteiger partial charge in [-0.1, -0.05) is 0 Å². The average Bonchev–Trinajstić information content (AvgIpc) is 2.97. The number of nitrogens with zero attached hydrogens (tertiary/aromatic N) is 1. The van der Waals surface area contributed by atoms with E-state index in [2.05, 4.69) is 9.72 Å². The maximum absolute atomic E-state index is 13.0. The Morgan fingerprint density at radius 1 is 1.24 bits per heavy atom. The minimum atomic E-state index is -1.19. The Bertz CT molecular complexity index is 803. The molecule has 2 amide bonds. The van der Waals surface area contributed by atoms with Crippen LogP contribution in [-0.2, 0) is 14.3 Å². The number of alkyl carbamates (subject to hydrolysis) is 1. The normalized spacial score (nSPS) is 11.5. The second-order valence-corrected chi connectivity index (χ2v) is 5.97. The second-order valence-electron chi connectivity index (χ2n) is 4.97. The highest BCUT2D eigenvalue weighted by Gasteiger charge is 2.24. The van der Waals surface area contributed by atoms with Gasteiger partial charge in [-0.2, -0.15) is 0 Å². The Morgan fingerprint density at radius 2 is 1.88 bits per heavy atom. The molecule has 132 valence electrons. The molecule has 0 saturated heterocycles. The lowest BCUT2D eigenvalue weighted by atomic mass is 10.2. The van der Waals surface area contributed by atoms with Gasteiger partial charge in [-0.15, -0.1) is 11.3 Å². The SMILES string of the molecule is COC(=O)NC(=O)[C@H](C)OC(=O)c1sc(-c2ccc(F)cc2)nc1C. The van der Waals surface area contributed by atoms with Crippen LogP contribution in [0.25, 0.3) is 10.6 Å². The van der Waals surface area contributed by atoms with Crippen molar-refractivity contribution in [2.75, 3.05) is 7.11 Å². The van der Waals surface area contributed by atoms with Crippen LogP contribution in [0.15, 0.2) is 24.3 Å². The summed E-state index contributed by atoms with van der Waals surface area (Å²) >= 11 is 1.07. The lowest BCUT2D eigenvalue weighted by Crippen LogP contribution is -2.39. The largest absolute Gasteiger partial charge is 0.453 e. The number of esters is 1. The number of halogens is 1. The number of carbonyl (C=O) groups excluding carboxylic acids is 3. The van der Waals surface area contributed by atoms with Gasteiger partial charge in [-0.05, 0) is 38.1 Å². The van der Waals surface area contributed by atoms with E-state index in [-0.39, 0.29) is 10.7 Å². The van der Waals surface area contributed by atoms with Crippen LogP contribution < -0.4 is 5.32 Å². The Morgan fingerprint density at radius 3 is 2.48 bits per heavy atom. The molecule has 1 aromatic carbocycles. The monoisotopic (exact) mass is 366 g/mol. The summed E-state index contributed by atoms with van der Waals surface area (Å²) in [5, 5.41) is 2.44. The van der Waals surface area contributed by atoms with Gasteiger partial charge in [0.2, 0.25) is 0 Å². The van der Waals surface area contributed by atoms with Gasteiger partial charge in [-0.25, -0.2) is 19.0 Å². The van der Waals surface area contributed by atoms with E-state index in [1.54, 1.807) is 19.1 Å². The first kappa shape index (κ1) is 18.5. The molecular weight excluding hydrogens is 351 g/mol. The summed E-state index contributed by atoms with van der Waals surface area (Å²) in [4.78, 5) is 39.4. The predicted octanol–water partition coefficient (Wildman–Crippen LogP) is 2.69. The minimum absolute atomic E-state index is 0.219. The standard InChI is InChI=1S/C16H15FN2O5S/c1-8-12(15(21)24-9(2)13(20)19-16(22)23-3)25-14(18-8)10-4-6-11(17)7-5-10/h4-7,9H,1-3H3,(H,19,20,22)/t9-/m0/s1. The van der Waals surface area contributed by atoms with Gasteiger partial charge in [-0.3, -0.25) is 10.1 Å². The highest BCUT2D eigenvalue weighted by atomic mass is 32.1. The number of thiazole rings is 1. The van der Waals surface area contributed by atoms with Crippen molar-refractivity contribution < 1.29 is 28.2 Å². The molecule has 0 fully saturated rings. The molecule has 0 saturated carbocycles. The Hall–Kier alpha value is -2.81. The van der Waals surface area contributed by atoms with Gasteiger partial charge in [0.25, 0.3) is 5.91 Å². The third-order valence-electron chi connectivity index (χ3n) is 3.14. The summed E-state index contributed by atoms with van der Waals surface area (Å²) in [6.07, 6.45) is -2.14. The lowest BCUT2D eigenvalue weighted by Gasteiger charge is -2.11. The van der Waals surface area contributed by atoms with Gasteiger partial charge < -0.3 is 9.47 Å². The maximum atomic E-state index is 13.0. The highest BCUT2D eigenvalue weighted by Crippen LogP contribution is 2.28. The van der Waals surface area contributed by atoms with Gasteiger partial charge in [0.15, 0.2) is 6.10 Å². The summed E-state index contributed by atoms with van der Waals surface area (Å²) in [5.74, 6) is -1.92. The number of aromatic nitrogens is 1. The van der Waals surface area contributed by atoms with E-state index < -0.39 is 24.1 Å². The van der Waals surface area contributed by atoms with Crippen molar-refractivity contribution in [1.82, 2.24) is 10.3 Å². The quantitative estimate of drug-likeness (QED) is 0.836. The Labute approximate surface area is 146 Å². The number of imide groups is 1. The van der Waals surface area contributed by atoms with Gasteiger partial charge >= 0.3 is 12.1 Å². The van der Waals surface area contributed by atoms with E-state index in [9.17, 15) is 18.8 Å². The molecule has 9 heteroatoms. The number of hydrogen-bond donors (Lipinski definition) is 1. The van der Waals surface area contributed by atoms with Crippen molar-refractivity contribution >= 4 is 29.3 Å². The fraction of sp³-hybridized carbons (Fsp3) is 0.250. The van der Waals surface area contributed by atoms with Crippen molar-refractivity contribution in [2.45, 2.75) is 20.0 Å². The van der Waals surface area contributed by atoms with E-state index >= 15 is 0 Å². The lowest BCUT2D eigenvalue weighted by molar-refractivity contribution is -0.128. The molecule has 0 unspecified atom stereocenters. The predicted molar refractivity (Wildman–Crippen MR) is 87.7 cm³/mol. The topological polar surface area (TPSA) is 94.6 Å². The third-order valence-corrected chi connectivity index (χ3v) is 4.32. The summed E-state index contributed by atoms with van der Waals surface area (Å²) in [5.41, 5.74) is 1.08. The number of amides is 2. The van der Waals surface area contributed by atoms with E-state index in [0.717, 1.165) is 18.4 Å². The summed E-state index contributed by atoms with van der Waals surface area (Å²) in [6.45, 7) is 2.95. The van der Waals surface area contributed by atoms with Crippen molar-refractivity contribution in [3.05, 3.63) is 40.7 Å². The summed E-state index contributed by atoms with van der Waals surface area (Å²) < 4.78 is 22.3. The average molecular weight is 366 g/mol. The molecule has 25 heavy (non-hydrogen) atoms.